The van der Waals surface area contributed by atoms with Gasteiger partial charge in [-0.15, -0.1) is 16.4 Å². The molecule has 10 heteroatoms. The van der Waals surface area contributed by atoms with Crippen LogP contribution in [0.5, 0.6) is 5.75 Å². The summed E-state index contributed by atoms with van der Waals surface area (Å²) in [5, 5.41) is 13.0. The molecule has 0 saturated heterocycles. The third-order valence-electron chi connectivity index (χ3n) is 4.37. The summed E-state index contributed by atoms with van der Waals surface area (Å²) in [6.07, 6.45) is 0. The number of carbonyl (C=O) groups excluding carboxylic acids is 1. The third-order valence-corrected chi connectivity index (χ3v) is 6.41. The van der Waals surface area contributed by atoms with Crippen LogP contribution in [0.3, 0.4) is 0 Å². The summed E-state index contributed by atoms with van der Waals surface area (Å²) >= 11 is 8.60. The van der Waals surface area contributed by atoms with Crippen LogP contribution in [0.4, 0.5) is 4.39 Å². The van der Waals surface area contributed by atoms with E-state index in [1.165, 1.54) is 35.2 Å². The van der Waals surface area contributed by atoms with Crippen molar-refractivity contribution in [3.8, 4) is 5.75 Å². The molecule has 2 aromatic carbocycles. The van der Waals surface area contributed by atoms with Crippen molar-refractivity contribution in [2.75, 3.05) is 5.75 Å². The first-order chi connectivity index (χ1) is 15.6. The molecule has 2 N–H and O–H groups in total. The van der Waals surface area contributed by atoms with Crippen LogP contribution in [-0.2, 0) is 11.4 Å². The minimum absolute atomic E-state index is 0.137. The minimum Gasteiger partial charge on any atom is -0.486 e. The van der Waals surface area contributed by atoms with Crippen LogP contribution in [-0.4, -0.2) is 26.8 Å². The molecule has 0 bridgehead atoms. The van der Waals surface area contributed by atoms with Crippen molar-refractivity contribution < 1.29 is 13.9 Å². The molecular formula is C22H18ClFN4O2S2. The van der Waals surface area contributed by atoms with E-state index in [-0.39, 0.29) is 30.1 Å². The second-order valence-electron chi connectivity index (χ2n) is 6.66. The number of hydrogen-bond acceptors (Lipinski definition) is 6. The number of rotatable bonds is 9. The molecule has 0 aliphatic rings. The van der Waals surface area contributed by atoms with Gasteiger partial charge in [0.1, 0.15) is 18.2 Å². The normalized spacial score (nSPS) is 11.8. The van der Waals surface area contributed by atoms with Gasteiger partial charge in [-0.05, 0) is 53.4 Å². The Bertz CT molecular complexity index is 1150. The first-order valence-electron chi connectivity index (χ1n) is 9.57. The van der Waals surface area contributed by atoms with Gasteiger partial charge in [0.2, 0.25) is 11.1 Å². The Kier molecular flexibility index (Phi) is 7.41. The van der Waals surface area contributed by atoms with Gasteiger partial charge in [-0.3, -0.25) is 9.89 Å². The summed E-state index contributed by atoms with van der Waals surface area (Å²) in [5.74, 6) is 0.853. The molecule has 6 nitrogen and oxygen atoms in total. The van der Waals surface area contributed by atoms with Crippen molar-refractivity contribution in [2.45, 2.75) is 17.8 Å². The SMILES string of the molecule is O=C(CSc1n[nH]c(COc2ccc(Cl)cc2)n1)NC(c1ccc(F)cc1)c1cccs1. The molecule has 4 rings (SSSR count). The monoisotopic (exact) mass is 488 g/mol. The predicted octanol–water partition coefficient (Wildman–Crippen LogP) is 5.24. The number of benzene rings is 2. The van der Waals surface area contributed by atoms with Crippen molar-refractivity contribution in [3.63, 3.8) is 0 Å². The van der Waals surface area contributed by atoms with Gasteiger partial charge in [0, 0.05) is 9.90 Å². The number of H-pyrrole nitrogens is 1. The number of nitrogens with one attached hydrogen (secondary N) is 2. The van der Waals surface area contributed by atoms with E-state index in [0.29, 0.717) is 21.8 Å². The maximum absolute atomic E-state index is 13.3. The van der Waals surface area contributed by atoms with Crippen LogP contribution in [0, 0.1) is 5.82 Å². The Morgan fingerprint density at radius 1 is 1.19 bits per heavy atom. The number of carbonyl (C=O) groups is 1. The van der Waals surface area contributed by atoms with Crippen molar-refractivity contribution in [2.24, 2.45) is 0 Å². The average Bonchev–Trinajstić information content (AvgIpc) is 3.49. The highest BCUT2D eigenvalue weighted by molar-refractivity contribution is 7.99. The highest BCUT2D eigenvalue weighted by Gasteiger charge is 2.18. The molecule has 32 heavy (non-hydrogen) atoms. The summed E-state index contributed by atoms with van der Waals surface area (Å²) in [7, 11) is 0. The maximum atomic E-state index is 13.3. The number of halogens is 2. The lowest BCUT2D eigenvalue weighted by atomic mass is 10.1. The fraction of sp³-hybridized carbons (Fsp3) is 0.136. The van der Waals surface area contributed by atoms with Crippen molar-refractivity contribution in [1.82, 2.24) is 20.5 Å². The Balaban J connectivity index is 1.31. The Morgan fingerprint density at radius 3 is 2.69 bits per heavy atom. The van der Waals surface area contributed by atoms with Crippen molar-refractivity contribution >= 4 is 40.6 Å². The molecule has 0 aliphatic heterocycles. The van der Waals surface area contributed by atoms with Gasteiger partial charge in [0.25, 0.3) is 0 Å². The number of aromatic nitrogens is 3. The van der Waals surface area contributed by atoms with Crippen molar-refractivity contribution in [1.29, 1.82) is 0 Å². The van der Waals surface area contributed by atoms with E-state index < -0.39 is 0 Å². The smallest absolute Gasteiger partial charge is 0.231 e. The molecule has 164 valence electrons. The summed E-state index contributed by atoms with van der Waals surface area (Å²) in [5.41, 5.74) is 0.812. The molecule has 1 atom stereocenters. The van der Waals surface area contributed by atoms with Gasteiger partial charge in [-0.2, -0.15) is 0 Å². The molecule has 2 heterocycles. The van der Waals surface area contributed by atoms with Gasteiger partial charge < -0.3 is 10.1 Å². The predicted molar refractivity (Wildman–Crippen MR) is 124 cm³/mol. The number of nitrogens with zero attached hydrogens (tertiary/aromatic N) is 2. The second-order valence-corrected chi connectivity index (χ2v) is 9.02. The highest BCUT2D eigenvalue weighted by Crippen LogP contribution is 2.26. The van der Waals surface area contributed by atoms with Gasteiger partial charge in [0.05, 0.1) is 11.8 Å². The molecule has 4 aromatic rings. The van der Waals surface area contributed by atoms with E-state index in [1.54, 1.807) is 36.4 Å². The van der Waals surface area contributed by atoms with E-state index in [0.717, 1.165) is 10.4 Å². The van der Waals surface area contributed by atoms with Crippen molar-refractivity contribution in [3.05, 3.63) is 93.1 Å². The molecule has 1 unspecified atom stereocenters. The zero-order chi connectivity index (χ0) is 22.3. The molecule has 0 radical (unpaired) electrons. The summed E-state index contributed by atoms with van der Waals surface area (Å²) in [6.45, 7) is 0.215. The lowest BCUT2D eigenvalue weighted by Gasteiger charge is -2.18. The van der Waals surface area contributed by atoms with Gasteiger partial charge in [-0.25, -0.2) is 9.37 Å². The van der Waals surface area contributed by atoms with Crippen LogP contribution in [0.1, 0.15) is 22.3 Å². The van der Waals surface area contributed by atoms with E-state index >= 15 is 0 Å². The third kappa shape index (κ3) is 6.09. The molecule has 1 amide bonds. The maximum Gasteiger partial charge on any atom is 0.231 e. The zero-order valence-electron chi connectivity index (χ0n) is 16.6. The highest BCUT2D eigenvalue weighted by atomic mass is 35.5. The number of thiophene rings is 1. The molecular weight excluding hydrogens is 471 g/mol. The number of ether oxygens (including phenoxy) is 1. The molecule has 0 spiro atoms. The van der Waals surface area contributed by atoms with Gasteiger partial charge in [0.15, 0.2) is 5.82 Å². The molecule has 0 aliphatic carbocycles. The molecule has 0 fully saturated rings. The van der Waals surface area contributed by atoms with E-state index in [4.69, 9.17) is 16.3 Å². The Hall–Kier alpha value is -2.88. The fourth-order valence-corrected chi connectivity index (χ4v) is 4.41. The first-order valence-corrected chi connectivity index (χ1v) is 11.8. The van der Waals surface area contributed by atoms with Crippen LogP contribution in [0.15, 0.2) is 71.2 Å². The van der Waals surface area contributed by atoms with Crippen LogP contribution >= 0.6 is 34.7 Å². The largest absolute Gasteiger partial charge is 0.486 e. The lowest BCUT2D eigenvalue weighted by molar-refractivity contribution is -0.119. The minimum atomic E-state index is -0.348. The van der Waals surface area contributed by atoms with E-state index in [2.05, 4.69) is 20.5 Å². The second kappa shape index (κ2) is 10.6. The standard InChI is InChI=1S/C22H18ClFN4O2S2/c23-15-5-9-17(10-6-15)30-12-19-25-22(28-27-19)32-13-20(29)26-21(18-2-1-11-31-18)14-3-7-16(24)8-4-14/h1-11,21H,12-13H2,(H,26,29)(H,25,27,28). The zero-order valence-corrected chi connectivity index (χ0v) is 19.0. The Labute approximate surface area is 197 Å². The Morgan fingerprint density at radius 2 is 1.97 bits per heavy atom. The number of amides is 1. The van der Waals surface area contributed by atoms with E-state index in [1.807, 2.05) is 17.5 Å². The van der Waals surface area contributed by atoms with Gasteiger partial charge >= 0.3 is 0 Å². The first kappa shape index (κ1) is 22.3. The molecule has 0 saturated carbocycles. The lowest BCUT2D eigenvalue weighted by Crippen LogP contribution is -2.30. The summed E-state index contributed by atoms with van der Waals surface area (Å²) in [4.78, 5) is 17.9. The van der Waals surface area contributed by atoms with Gasteiger partial charge in [-0.1, -0.05) is 41.6 Å². The number of aromatic amines is 1. The fourth-order valence-electron chi connectivity index (χ4n) is 2.85. The molecule has 2 aromatic heterocycles. The quantitative estimate of drug-likeness (QED) is 0.315. The number of thioether (sulfide) groups is 1. The van der Waals surface area contributed by atoms with E-state index in [9.17, 15) is 9.18 Å². The average molecular weight is 489 g/mol. The summed E-state index contributed by atoms with van der Waals surface area (Å²) < 4.78 is 18.9. The van der Waals surface area contributed by atoms with Crippen LogP contribution in [0.2, 0.25) is 5.02 Å². The van der Waals surface area contributed by atoms with Crippen LogP contribution in [0.25, 0.3) is 0 Å². The number of hydrogen-bond donors (Lipinski definition) is 2. The topological polar surface area (TPSA) is 79.9 Å². The summed E-state index contributed by atoms with van der Waals surface area (Å²) in [6, 6.07) is 16.7. The van der Waals surface area contributed by atoms with Crippen LogP contribution < -0.4 is 10.1 Å².